The maximum absolute atomic E-state index is 12.4. The molecular formula is C18H25N3O3. The number of hydrogen-bond donors (Lipinski definition) is 2. The molecule has 2 saturated heterocycles. The minimum absolute atomic E-state index is 0.0265. The Morgan fingerprint density at radius 1 is 1.25 bits per heavy atom. The van der Waals surface area contributed by atoms with Gasteiger partial charge in [0.05, 0.1) is 13.2 Å². The fraction of sp³-hybridized carbons (Fsp3) is 0.556. The summed E-state index contributed by atoms with van der Waals surface area (Å²) in [6.45, 7) is 3.66. The second-order valence-electron chi connectivity index (χ2n) is 6.31. The number of anilines is 1. The smallest absolute Gasteiger partial charge is 0.242 e. The first-order valence-corrected chi connectivity index (χ1v) is 8.72. The third-order valence-corrected chi connectivity index (χ3v) is 4.59. The number of carbonyl (C=O) groups is 2. The van der Waals surface area contributed by atoms with Gasteiger partial charge in [-0.05, 0) is 24.5 Å². The highest BCUT2D eigenvalue weighted by molar-refractivity contribution is 5.88. The van der Waals surface area contributed by atoms with Crippen molar-refractivity contribution in [1.29, 1.82) is 0 Å². The summed E-state index contributed by atoms with van der Waals surface area (Å²) in [6, 6.07) is 7.72. The molecule has 6 heteroatoms. The van der Waals surface area contributed by atoms with Gasteiger partial charge in [0.1, 0.15) is 6.04 Å². The van der Waals surface area contributed by atoms with Crippen LogP contribution in [0.15, 0.2) is 24.3 Å². The van der Waals surface area contributed by atoms with Crippen LogP contribution in [0.5, 0.6) is 0 Å². The molecule has 2 aliphatic rings. The van der Waals surface area contributed by atoms with E-state index < -0.39 is 6.04 Å². The summed E-state index contributed by atoms with van der Waals surface area (Å²) in [6.07, 6.45) is 2.99. The van der Waals surface area contributed by atoms with Gasteiger partial charge in [0, 0.05) is 31.7 Å². The van der Waals surface area contributed by atoms with Gasteiger partial charge in [0.15, 0.2) is 0 Å². The number of benzene rings is 1. The van der Waals surface area contributed by atoms with Crippen molar-refractivity contribution in [2.75, 3.05) is 31.2 Å². The Bertz CT molecular complexity index is 585. The molecule has 0 spiro atoms. The van der Waals surface area contributed by atoms with Crippen LogP contribution in [0.25, 0.3) is 0 Å². The highest BCUT2D eigenvalue weighted by Gasteiger charge is 2.23. The molecule has 0 saturated carbocycles. The molecule has 0 aliphatic carbocycles. The number of rotatable bonds is 4. The van der Waals surface area contributed by atoms with Crippen molar-refractivity contribution >= 4 is 17.5 Å². The van der Waals surface area contributed by atoms with Crippen LogP contribution in [0.4, 0.5) is 5.69 Å². The Kier molecular flexibility index (Phi) is 5.69. The Hall–Kier alpha value is -2.08. The molecule has 3 rings (SSSR count). The van der Waals surface area contributed by atoms with E-state index in [4.69, 9.17) is 4.74 Å². The number of para-hydroxylation sites is 1. The maximum Gasteiger partial charge on any atom is 0.242 e. The van der Waals surface area contributed by atoms with E-state index in [0.29, 0.717) is 19.4 Å². The topological polar surface area (TPSA) is 70.7 Å². The SMILES string of the molecule is O=C1CCCCC(C(=O)NCc2ccccc2N2CCOCC2)N1. The summed E-state index contributed by atoms with van der Waals surface area (Å²) in [5.74, 6) is -0.122. The highest BCUT2D eigenvalue weighted by atomic mass is 16.5. The predicted octanol–water partition coefficient (Wildman–Crippen LogP) is 1.20. The summed E-state index contributed by atoms with van der Waals surface area (Å²) >= 11 is 0. The van der Waals surface area contributed by atoms with Gasteiger partial charge in [-0.25, -0.2) is 0 Å². The first-order chi connectivity index (χ1) is 11.7. The van der Waals surface area contributed by atoms with Crippen molar-refractivity contribution in [3.05, 3.63) is 29.8 Å². The van der Waals surface area contributed by atoms with E-state index in [1.54, 1.807) is 0 Å². The summed E-state index contributed by atoms with van der Waals surface area (Å²) in [7, 11) is 0. The molecule has 24 heavy (non-hydrogen) atoms. The summed E-state index contributed by atoms with van der Waals surface area (Å²) in [4.78, 5) is 26.3. The van der Waals surface area contributed by atoms with Crippen molar-refractivity contribution in [1.82, 2.24) is 10.6 Å². The van der Waals surface area contributed by atoms with Gasteiger partial charge in [-0.15, -0.1) is 0 Å². The van der Waals surface area contributed by atoms with Gasteiger partial charge >= 0.3 is 0 Å². The Morgan fingerprint density at radius 3 is 2.88 bits per heavy atom. The lowest BCUT2D eigenvalue weighted by molar-refractivity contribution is -0.128. The van der Waals surface area contributed by atoms with Crippen LogP contribution in [0.3, 0.4) is 0 Å². The number of morpholine rings is 1. The summed E-state index contributed by atoms with van der Waals surface area (Å²) < 4.78 is 5.41. The van der Waals surface area contributed by atoms with Crippen molar-refractivity contribution in [3.63, 3.8) is 0 Å². The van der Waals surface area contributed by atoms with E-state index in [2.05, 4.69) is 21.6 Å². The molecular weight excluding hydrogens is 306 g/mol. The Labute approximate surface area is 142 Å². The summed E-state index contributed by atoms with van der Waals surface area (Å²) in [5, 5.41) is 5.80. The Morgan fingerprint density at radius 2 is 2.04 bits per heavy atom. The third kappa shape index (κ3) is 4.26. The average Bonchev–Trinajstić information content (AvgIpc) is 2.85. The molecule has 1 aromatic carbocycles. The minimum atomic E-state index is -0.407. The lowest BCUT2D eigenvalue weighted by Gasteiger charge is -2.30. The normalized spacial score (nSPS) is 21.8. The second-order valence-corrected chi connectivity index (χ2v) is 6.31. The molecule has 2 aliphatic heterocycles. The van der Waals surface area contributed by atoms with Crippen LogP contribution in [0, 0.1) is 0 Å². The molecule has 1 atom stereocenters. The van der Waals surface area contributed by atoms with Crippen molar-refractivity contribution in [2.45, 2.75) is 38.3 Å². The van der Waals surface area contributed by atoms with E-state index in [9.17, 15) is 9.59 Å². The van der Waals surface area contributed by atoms with Gasteiger partial charge in [-0.1, -0.05) is 24.6 Å². The number of hydrogen-bond acceptors (Lipinski definition) is 4. The lowest BCUT2D eigenvalue weighted by atomic mass is 10.1. The zero-order valence-electron chi connectivity index (χ0n) is 13.9. The van der Waals surface area contributed by atoms with E-state index in [0.717, 1.165) is 50.4 Å². The first-order valence-electron chi connectivity index (χ1n) is 8.72. The first kappa shape index (κ1) is 16.8. The van der Waals surface area contributed by atoms with Crippen molar-refractivity contribution in [3.8, 4) is 0 Å². The van der Waals surface area contributed by atoms with Crippen LogP contribution >= 0.6 is 0 Å². The van der Waals surface area contributed by atoms with Gasteiger partial charge in [-0.2, -0.15) is 0 Å². The molecule has 0 bridgehead atoms. The zero-order chi connectivity index (χ0) is 16.8. The molecule has 130 valence electrons. The molecule has 0 aromatic heterocycles. The van der Waals surface area contributed by atoms with Gasteiger partial charge in [-0.3, -0.25) is 9.59 Å². The van der Waals surface area contributed by atoms with Crippen molar-refractivity contribution in [2.24, 2.45) is 0 Å². The molecule has 2 N–H and O–H groups in total. The third-order valence-electron chi connectivity index (χ3n) is 4.59. The number of ether oxygens (including phenoxy) is 1. The van der Waals surface area contributed by atoms with E-state index >= 15 is 0 Å². The van der Waals surface area contributed by atoms with E-state index in [-0.39, 0.29) is 11.8 Å². The van der Waals surface area contributed by atoms with Crippen molar-refractivity contribution < 1.29 is 14.3 Å². The number of carbonyl (C=O) groups excluding carboxylic acids is 2. The molecule has 2 heterocycles. The fourth-order valence-electron chi connectivity index (χ4n) is 3.25. The van der Waals surface area contributed by atoms with Crippen LogP contribution in [0.1, 0.15) is 31.2 Å². The second kappa shape index (κ2) is 8.15. The average molecular weight is 331 g/mol. The maximum atomic E-state index is 12.4. The van der Waals surface area contributed by atoms with Crippen LogP contribution in [-0.4, -0.2) is 44.2 Å². The zero-order valence-corrected chi connectivity index (χ0v) is 13.9. The van der Waals surface area contributed by atoms with Gasteiger partial charge in [0.2, 0.25) is 11.8 Å². The van der Waals surface area contributed by atoms with Gasteiger partial charge in [0.25, 0.3) is 0 Å². The summed E-state index contributed by atoms with van der Waals surface area (Å²) in [5.41, 5.74) is 2.23. The van der Waals surface area contributed by atoms with E-state index in [1.165, 1.54) is 0 Å². The van der Waals surface area contributed by atoms with Crippen LogP contribution in [0.2, 0.25) is 0 Å². The number of amides is 2. The molecule has 1 unspecified atom stereocenters. The molecule has 0 radical (unpaired) electrons. The molecule has 6 nitrogen and oxygen atoms in total. The largest absolute Gasteiger partial charge is 0.378 e. The molecule has 2 amide bonds. The quantitative estimate of drug-likeness (QED) is 0.870. The number of nitrogens with zero attached hydrogens (tertiary/aromatic N) is 1. The Balaban J connectivity index is 1.61. The monoisotopic (exact) mass is 331 g/mol. The predicted molar refractivity (Wildman–Crippen MR) is 91.7 cm³/mol. The number of nitrogens with one attached hydrogen (secondary N) is 2. The van der Waals surface area contributed by atoms with Crippen LogP contribution in [-0.2, 0) is 20.9 Å². The van der Waals surface area contributed by atoms with Crippen LogP contribution < -0.4 is 15.5 Å². The fourth-order valence-corrected chi connectivity index (χ4v) is 3.25. The molecule has 1 aromatic rings. The standard InChI is InChI=1S/C18H25N3O3/c22-17-8-4-2-6-15(20-17)18(23)19-13-14-5-1-3-7-16(14)21-9-11-24-12-10-21/h1,3,5,7,15H,2,4,6,8-13H2,(H,19,23)(H,20,22). The van der Waals surface area contributed by atoms with E-state index in [1.807, 2.05) is 18.2 Å². The molecule has 2 fully saturated rings. The minimum Gasteiger partial charge on any atom is -0.378 e. The highest BCUT2D eigenvalue weighted by Crippen LogP contribution is 2.21. The van der Waals surface area contributed by atoms with Gasteiger partial charge < -0.3 is 20.3 Å². The lowest BCUT2D eigenvalue weighted by Crippen LogP contribution is -2.45.